The molecule has 0 saturated carbocycles. The van der Waals surface area contributed by atoms with Crippen LogP contribution in [0, 0.1) is 0 Å². The van der Waals surface area contributed by atoms with Gasteiger partial charge in [-0.15, -0.1) is 0 Å². The third-order valence-electron chi connectivity index (χ3n) is 3.77. The Labute approximate surface area is 136 Å². The quantitative estimate of drug-likeness (QED) is 0.810. The van der Waals surface area contributed by atoms with Crippen molar-refractivity contribution in [3.05, 3.63) is 33.8 Å². The van der Waals surface area contributed by atoms with E-state index in [2.05, 4.69) is 10.2 Å². The van der Waals surface area contributed by atoms with Gasteiger partial charge >= 0.3 is 0 Å². The number of piperidine rings is 1. The summed E-state index contributed by atoms with van der Waals surface area (Å²) in [6.45, 7) is 4.22. The van der Waals surface area contributed by atoms with Gasteiger partial charge in [-0.3, -0.25) is 4.79 Å². The highest BCUT2D eigenvalue weighted by atomic mass is 35.5. The zero-order chi connectivity index (χ0) is 15.1. The fourth-order valence-corrected chi connectivity index (χ4v) is 2.93. The van der Waals surface area contributed by atoms with Crippen molar-refractivity contribution in [1.29, 1.82) is 0 Å². The Bertz CT molecular complexity index is 473. The molecule has 1 aromatic rings. The molecule has 3 nitrogen and oxygen atoms in total. The van der Waals surface area contributed by atoms with E-state index in [-0.39, 0.29) is 5.91 Å². The van der Waals surface area contributed by atoms with Gasteiger partial charge in [-0.25, -0.2) is 0 Å². The number of hydrogen-bond donors (Lipinski definition) is 1. The number of nitrogens with one attached hydrogen (secondary N) is 1. The van der Waals surface area contributed by atoms with Crippen LogP contribution in [-0.2, 0) is 11.2 Å². The number of halogens is 2. The van der Waals surface area contributed by atoms with Crippen LogP contribution in [-0.4, -0.2) is 37.0 Å². The molecule has 2 rings (SSSR count). The summed E-state index contributed by atoms with van der Waals surface area (Å²) >= 11 is 11.8. The second kappa shape index (κ2) is 8.62. The molecule has 0 atom stereocenters. The maximum atomic E-state index is 11.9. The van der Waals surface area contributed by atoms with E-state index in [4.69, 9.17) is 23.2 Å². The number of hydrogen-bond acceptors (Lipinski definition) is 2. The van der Waals surface area contributed by atoms with Crippen LogP contribution in [0.25, 0.3) is 0 Å². The molecule has 0 radical (unpaired) electrons. The van der Waals surface area contributed by atoms with Crippen molar-refractivity contribution >= 4 is 29.1 Å². The van der Waals surface area contributed by atoms with Gasteiger partial charge in [-0.05, 0) is 56.6 Å². The normalized spacial score (nSPS) is 15.9. The summed E-state index contributed by atoms with van der Waals surface area (Å²) in [6.07, 6.45) is 5.33. The van der Waals surface area contributed by atoms with Crippen molar-refractivity contribution < 1.29 is 4.79 Å². The summed E-state index contributed by atoms with van der Waals surface area (Å²) in [5, 5.41) is 3.97. The van der Waals surface area contributed by atoms with Gasteiger partial charge in [-0.2, -0.15) is 0 Å². The molecule has 1 aromatic carbocycles. The van der Waals surface area contributed by atoms with E-state index in [9.17, 15) is 4.79 Å². The van der Waals surface area contributed by atoms with Crippen molar-refractivity contribution in [2.75, 3.05) is 26.2 Å². The summed E-state index contributed by atoms with van der Waals surface area (Å²) in [6, 6.07) is 5.31. The SMILES string of the molecule is O=C(Cc1ccc(Cl)c(Cl)c1)NCCCN1CCCCC1. The summed E-state index contributed by atoms with van der Waals surface area (Å²) in [4.78, 5) is 14.3. The maximum absolute atomic E-state index is 11.9. The second-order valence-electron chi connectivity index (χ2n) is 5.53. The Balaban J connectivity index is 1.63. The molecule has 1 aliphatic heterocycles. The van der Waals surface area contributed by atoms with E-state index in [1.54, 1.807) is 12.1 Å². The van der Waals surface area contributed by atoms with E-state index in [0.29, 0.717) is 16.5 Å². The zero-order valence-electron chi connectivity index (χ0n) is 12.2. The number of benzene rings is 1. The van der Waals surface area contributed by atoms with Crippen molar-refractivity contribution in [2.45, 2.75) is 32.1 Å². The third kappa shape index (κ3) is 5.85. The standard InChI is InChI=1S/C16H22Cl2N2O/c17-14-6-5-13(11-15(14)18)12-16(21)19-7-4-10-20-8-2-1-3-9-20/h5-6,11H,1-4,7-10,12H2,(H,19,21). The minimum absolute atomic E-state index is 0.0343. The highest BCUT2D eigenvalue weighted by Gasteiger charge is 2.09. The van der Waals surface area contributed by atoms with E-state index >= 15 is 0 Å². The molecule has 0 spiro atoms. The van der Waals surface area contributed by atoms with E-state index in [0.717, 1.165) is 25.1 Å². The molecule has 21 heavy (non-hydrogen) atoms. The first-order chi connectivity index (χ1) is 10.1. The smallest absolute Gasteiger partial charge is 0.224 e. The van der Waals surface area contributed by atoms with Crippen LogP contribution in [0.5, 0.6) is 0 Å². The molecular weight excluding hydrogens is 307 g/mol. The first-order valence-electron chi connectivity index (χ1n) is 7.58. The van der Waals surface area contributed by atoms with Crippen molar-refractivity contribution in [2.24, 2.45) is 0 Å². The lowest BCUT2D eigenvalue weighted by molar-refractivity contribution is -0.120. The molecule has 0 aliphatic carbocycles. The summed E-state index contributed by atoms with van der Waals surface area (Å²) < 4.78 is 0. The summed E-state index contributed by atoms with van der Waals surface area (Å²) in [7, 11) is 0. The maximum Gasteiger partial charge on any atom is 0.224 e. The fourth-order valence-electron chi connectivity index (χ4n) is 2.61. The average molecular weight is 329 g/mol. The number of carbonyl (C=O) groups is 1. The monoisotopic (exact) mass is 328 g/mol. The fraction of sp³-hybridized carbons (Fsp3) is 0.562. The van der Waals surface area contributed by atoms with Crippen LogP contribution >= 0.6 is 23.2 Å². The minimum Gasteiger partial charge on any atom is -0.356 e. The first-order valence-corrected chi connectivity index (χ1v) is 8.34. The Morgan fingerprint density at radius 2 is 1.90 bits per heavy atom. The molecule has 0 bridgehead atoms. The highest BCUT2D eigenvalue weighted by Crippen LogP contribution is 2.22. The van der Waals surface area contributed by atoms with Gasteiger partial charge in [0.2, 0.25) is 5.91 Å². The van der Waals surface area contributed by atoms with Gasteiger partial charge in [0.05, 0.1) is 16.5 Å². The van der Waals surface area contributed by atoms with Crippen LogP contribution in [0.4, 0.5) is 0 Å². The van der Waals surface area contributed by atoms with Gasteiger partial charge in [0.1, 0.15) is 0 Å². The molecule has 0 unspecified atom stereocenters. The topological polar surface area (TPSA) is 32.3 Å². The minimum atomic E-state index is 0.0343. The lowest BCUT2D eigenvalue weighted by Gasteiger charge is -2.26. The first kappa shape index (κ1) is 16.6. The molecule has 1 heterocycles. The van der Waals surface area contributed by atoms with Crippen LogP contribution < -0.4 is 5.32 Å². The number of amides is 1. The van der Waals surface area contributed by atoms with Gasteiger partial charge in [-0.1, -0.05) is 35.7 Å². The van der Waals surface area contributed by atoms with Crippen molar-refractivity contribution in [1.82, 2.24) is 10.2 Å². The predicted octanol–water partition coefficient (Wildman–Crippen LogP) is 3.53. The van der Waals surface area contributed by atoms with Crippen LogP contribution in [0.2, 0.25) is 10.0 Å². The number of nitrogens with zero attached hydrogens (tertiary/aromatic N) is 1. The highest BCUT2D eigenvalue weighted by molar-refractivity contribution is 6.42. The number of likely N-dealkylation sites (tertiary alicyclic amines) is 1. The van der Waals surface area contributed by atoms with Gasteiger partial charge in [0, 0.05) is 6.54 Å². The van der Waals surface area contributed by atoms with Gasteiger partial charge < -0.3 is 10.2 Å². The zero-order valence-corrected chi connectivity index (χ0v) is 13.7. The average Bonchev–Trinajstić information content (AvgIpc) is 2.49. The molecule has 116 valence electrons. The van der Waals surface area contributed by atoms with Crippen LogP contribution in [0.3, 0.4) is 0 Å². The lowest BCUT2D eigenvalue weighted by atomic mass is 10.1. The predicted molar refractivity (Wildman–Crippen MR) is 88.1 cm³/mol. The van der Waals surface area contributed by atoms with Crippen LogP contribution in [0.15, 0.2) is 18.2 Å². The van der Waals surface area contributed by atoms with Crippen molar-refractivity contribution in [3.8, 4) is 0 Å². The third-order valence-corrected chi connectivity index (χ3v) is 4.51. The Morgan fingerprint density at radius 3 is 2.62 bits per heavy atom. The second-order valence-corrected chi connectivity index (χ2v) is 6.35. The molecule has 5 heteroatoms. The molecular formula is C16H22Cl2N2O. The Kier molecular flexibility index (Phi) is 6.81. The molecule has 1 fully saturated rings. The molecule has 0 aromatic heterocycles. The largest absolute Gasteiger partial charge is 0.356 e. The van der Waals surface area contributed by atoms with Gasteiger partial charge in [0.15, 0.2) is 0 Å². The Hall–Kier alpha value is -0.770. The van der Waals surface area contributed by atoms with Gasteiger partial charge in [0.25, 0.3) is 0 Å². The lowest BCUT2D eigenvalue weighted by Crippen LogP contribution is -2.33. The molecule has 1 aliphatic rings. The molecule has 1 saturated heterocycles. The van der Waals surface area contributed by atoms with E-state index < -0.39 is 0 Å². The number of rotatable bonds is 6. The van der Waals surface area contributed by atoms with Crippen LogP contribution in [0.1, 0.15) is 31.2 Å². The number of carbonyl (C=O) groups excluding carboxylic acids is 1. The molecule has 1 amide bonds. The van der Waals surface area contributed by atoms with Crippen molar-refractivity contribution in [3.63, 3.8) is 0 Å². The summed E-state index contributed by atoms with van der Waals surface area (Å²) in [5.74, 6) is 0.0343. The Morgan fingerprint density at radius 1 is 1.14 bits per heavy atom. The van der Waals surface area contributed by atoms with E-state index in [1.165, 1.54) is 32.4 Å². The molecule has 1 N–H and O–H groups in total. The summed E-state index contributed by atoms with van der Waals surface area (Å²) in [5.41, 5.74) is 0.887. The van der Waals surface area contributed by atoms with E-state index in [1.807, 2.05) is 6.07 Å².